The molecule has 166 valence electrons. The summed E-state index contributed by atoms with van der Waals surface area (Å²) in [6.07, 6.45) is 3.81. The summed E-state index contributed by atoms with van der Waals surface area (Å²) in [5, 5.41) is 7.53. The van der Waals surface area contributed by atoms with E-state index >= 15 is 0 Å². The first-order valence-corrected chi connectivity index (χ1v) is 11.3. The average molecular weight is 431 g/mol. The number of carbonyl (C=O) groups is 2. The Morgan fingerprint density at radius 2 is 1.59 bits per heavy atom. The molecule has 1 saturated heterocycles. The number of amides is 2. The third kappa shape index (κ3) is 5.07. The Morgan fingerprint density at radius 3 is 2.22 bits per heavy atom. The van der Waals surface area contributed by atoms with Gasteiger partial charge in [-0.15, -0.1) is 0 Å². The van der Waals surface area contributed by atoms with E-state index in [0.29, 0.717) is 44.6 Å². The van der Waals surface area contributed by atoms with E-state index < -0.39 is 0 Å². The smallest absolute Gasteiger partial charge is 0.257 e. The molecule has 0 atom stereocenters. The van der Waals surface area contributed by atoms with Crippen LogP contribution in [-0.4, -0.2) is 39.6 Å². The molecular formula is C26H30N4O2. The number of rotatable bonds is 7. The van der Waals surface area contributed by atoms with E-state index in [4.69, 9.17) is 0 Å². The molecule has 1 N–H and O–H groups in total. The Morgan fingerprint density at radius 1 is 0.969 bits per heavy atom. The van der Waals surface area contributed by atoms with Crippen molar-refractivity contribution >= 4 is 11.8 Å². The van der Waals surface area contributed by atoms with Gasteiger partial charge in [0.15, 0.2) is 0 Å². The van der Waals surface area contributed by atoms with Gasteiger partial charge in [-0.05, 0) is 30.4 Å². The summed E-state index contributed by atoms with van der Waals surface area (Å²) in [7, 11) is 0. The lowest BCUT2D eigenvalue weighted by Crippen LogP contribution is -2.43. The van der Waals surface area contributed by atoms with Gasteiger partial charge in [0.25, 0.3) is 5.91 Å². The molecule has 1 fully saturated rings. The van der Waals surface area contributed by atoms with Gasteiger partial charge in [0.2, 0.25) is 5.91 Å². The Bertz CT molecular complexity index is 1040. The predicted octanol–water partition coefficient (Wildman–Crippen LogP) is 3.66. The number of hydrogen-bond donors (Lipinski definition) is 1. The molecule has 2 aromatic carbocycles. The van der Waals surface area contributed by atoms with Crippen molar-refractivity contribution in [3.05, 3.63) is 89.2 Å². The number of benzene rings is 2. The molecule has 1 aliphatic heterocycles. The summed E-state index contributed by atoms with van der Waals surface area (Å²) in [4.78, 5) is 27.6. The van der Waals surface area contributed by atoms with Crippen LogP contribution in [-0.2, 0) is 24.3 Å². The molecule has 0 radical (unpaired) electrons. The zero-order chi connectivity index (χ0) is 22.3. The molecule has 1 aromatic heterocycles. The second-order valence-corrected chi connectivity index (χ2v) is 8.27. The van der Waals surface area contributed by atoms with Gasteiger partial charge in [0.1, 0.15) is 0 Å². The summed E-state index contributed by atoms with van der Waals surface area (Å²) in [5.41, 5.74) is 3.89. The minimum Gasteiger partial charge on any atom is -0.352 e. The van der Waals surface area contributed by atoms with Crippen molar-refractivity contribution in [2.75, 3.05) is 13.1 Å². The highest BCUT2D eigenvalue weighted by Gasteiger charge is 2.29. The number of likely N-dealkylation sites (tertiary alicyclic amines) is 1. The van der Waals surface area contributed by atoms with Crippen LogP contribution >= 0.6 is 0 Å². The third-order valence-corrected chi connectivity index (χ3v) is 6.15. The summed E-state index contributed by atoms with van der Waals surface area (Å²) in [5.74, 6) is 0.0457. The molecule has 1 aliphatic rings. The van der Waals surface area contributed by atoms with Gasteiger partial charge in [-0.2, -0.15) is 5.10 Å². The number of carbonyl (C=O) groups excluding carboxylic acids is 2. The summed E-state index contributed by atoms with van der Waals surface area (Å²) < 4.78 is 1.92. The van der Waals surface area contributed by atoms with Crippen molar-refractivity contribution < 1.29 is 9.59 Å². The normalized spacial score (nSPS) is 14.3. The van der Waals surface area contributed by atoms with Gasteiger partial charge >= 0.3 is 0 Å². The van der Waals surface area contributed by atoms with Crippen LogP contribution in [0.15, 0.2) is 66.9 Å². The topological polar surface area (TPSA) is 67.2 Å². The minimum atomic E-state index is -0.0470. The second-order valence-electron chi connectivity index (χ2n) is 8.27. The Kier molecular flexibility index (Phi) is 7.00. The van der Waals surface area contributed by atoms with Gasteiger partial charge in [-0.3, -0.25) is 14.3 Å². The standard InChI is InChI=1S/C26H30N4O2/c1-2-24-23(18-28-30(24)19-21-11-7-4-8-12-21)26(32)29-15-13-22(14-16-29)25(31)27-17-20-9-5-3-6-10-20/h3-12,18,22H,2,13-17,19H2,1H3,(H,27,31). The van der Waals surface area contributed by atoms with E-state index in [1.54, 1.807) is 6.20 Å². The first-order valence-electron chi connectivity index (χ1n) is 11.3. The molecule has 6 heteroatoms. The Labute approximate surface area is 189 Å². The van der Waals surface area contributed by atoms with Crippen molar-refractivity contribution in [3.63, 3.8) is 0 Å². The molecule has 0 saturated carbocycles. The highest BCUT2D eigenvalue weighted by Crippen LogP contribution is 2.21. The van der Waals surface area contributed by atoms with Gasteiger partial charge < -0.3 is 10.2 Å². The highest BCUT2D eigenvalue weighted by atomic mass is 16.2. The molecule has 0 unspecified atom stereocenters. The lowest BCUT2D eigenvalue weighted by molar-refractivity contribution is -0.126. The third-order valence-electron chi connectivity index (χ3n) is 6.15. The van der Waals surface area contributed by atoms with Crippen LogP contribution in [0.1, 0.15) is 46.9 Å². The first-order chi connectivity index (χ1) is 15.7. The molecule has 2 heterocycles. The van der Waals surface area contributed by atoms with Gasteiger partial charge in [0, 0.05) is 25.6 Å². The number of nitrogens with zero attached hydrogens (tertiary/aromatic N) is 3. The molecule has 0 spiro atoms. The molecular weight excluding hydrogens is 400 g/mol. The van der Waals surface area contributed by atoms with Crippen LogP contribution in [0.5, 0.6) is 0 Å². The molecule has 2 amide bonds. The molecule has 6 nitrogen and oxygen atoms in total. The number of aromatic nitrogens is 2. The van der Waals surface area contributed by atoms with Crippen molar-refractivity contribution in [2.45, 2.75) is 39.3 Å². The van der Waals surface area contributed by atoms with Gasteiger partial charge in [-0.1, -0.05) is 67.6 Å². The van der Waals surface area contributed by atoms with Crippen molar-refractivity contribution in [2.24, 2.45) is 5.92 Å². The van der Waals surface area contributed by atoms with Crippen LogP contribution in [0.4, 0.5) is 0 Å². The summed E-state index contributed by atoms with van der Waals surface area (Å²) in [6, 6.07) is 20.1. The summed E-state index contributed by atoms with van der Waals surface area (Å²) >= 11 is 0. The lowest BCUT2D eigenvalue weighted by Gasteiger charge is -2.31. The predicted molar refractivity (Wildman–Crippen MR) is 124 cm³/mol. The zero-order valence-electron chi connectivity index (χ0n) is 18.5. The van der Waals surface area contributed by atoms with Crippen LogP contribution in [0.25, 0.3) is 0 Å². The SMILES string of the molecule is CCc1c(C(=O)N2CCC(C(=O)NCc3ccccc3)CC2)cnn1Cc1ccccc1. The number of hydrogen-bond acceptors (Lipinski definition) is 3. The molecule has 0 aliphatic carbocycles. The molecule has 4 rings (SSSR count). The minimum absolute atomic E-state index is 0.0179. The van der Waals surface area contributed by atoms with E-state index in [2.05, 4.69) is 29.5 Å². The van der Waals surface area contributed by atoms with Gasteiger partial charge in [0.05, 0.1) is 24.0 Å². The van der Waals surface area contributed by atoms with Crippen molar-refractivity contribution in [1.29, 1.82) is 0 Å². The number of nitrogens with one attached hydrogen (secondary N) is 1. The van der Waals surface area contributed by atoms with Gasteiger partial charge in [-0.25, -0.2) is 0 Å². The van der Waals surface area contributed by atoms with E-state index in [1.807, 2.05) is 58.1 Å². The van der Waals surface area contributed by atoms with Crippen LogP contribution < -0.4 is 5.32 Å². The van der Waals surface area contributed by atoms with E-state index in [-0.39, 0.29) is 17.7 Å². The van der Waals surface area contributed by atoms with Crippen LogP contribution in [0, 0.1) is 5.92 Å². The fourth-order valence-corrected chi connectivity index (χ4v) is 4.30. The lowest BCUT2D eigenvalue weighted by atomic mass is 9.95. The first kappa shape index (κ1) is 21.8. The largest absolute Gasteiger partial charge is 0.352 e. The molecule has 32 heavy (non-hydrogen) atoms. The van der Waals surface area contributed by atoms with Crippen LogP contribution in [0.2, 0.25) is 0 Å². The maximum Gasteiger partial charge on any atom is 0.257 e. The quantitative estimate of drug-likeness (QED) is 0.622. The Balaban J connectivity index is 1.33. The second kappa shape index (κ2) is 10.3. The summed E-state index contributed by atoms with van der Waals surface area (Å²) in [6.45, 7) is 4.43. The maximum atomic E-state index is 13.2. The van der Waals surface area contributed by atoms with Crippen LogP contribution in [0.3, 0.4) is 0 Å². The maximum absolute atomic E-state index is 13.2. The number of piperidine rings is 1. The van der Waals surface area contributed by atoms with Crippen molar-refractivity contribution in [1.82, 2.24) is 20.0 Å². The Hall–Kier alpha value is -3.41. The fraction of sp³-hybridized carbons (Fsp3) is 0.346. The zero-order valence-corrected chi connectivity index (χ0v) is 18.5. The average Bonchev–Trinajstić information content (AvgIpc) is 3.25. The monoisotopic (exact) mass is 430 g/mol. The van der Waals surface area contributed by atoms with E-state index in [1.165, 1.54) is 0 Å². The van der Waals surface area contributed by atoms with Crippen molar-refractivity contribution in [3.8, 4) is 0 Å². The highest BCUT2D eigenvalue weighted by molar-refractivity contribution is 5.95. The molecule has 0 bridgehead atoms. The van der Waals surface area contributed by atoms with E-state index in [0.717, 1.165) is 23.2 Å². The molecule has 3 aromatic rings. The fourth-order valence-electron chi connectivity index (χ4n) is 4.30. The van der Waals surface area contributed by atoms with E-state index in [9.17, 15) is 9.59 Å².